The van der Waals surface area contributed by atoms with Gasteiger partial charge in [0.2, 0.25) is 0 Å². The lowest BCUT2D eigenvalue weighted by atomic mass is 10.1. The number of hydrogen-bond donors (Lipinski definition) is 2. The Kier molecular flexibility index (Phi) is 6.77. The number of anilines is 2. The molecule has 3 N–H and O–H groups in total. The number of likely N-dealkylation sites (N-methyl/N-ethyl adjacent to an activating group) is 1. The van der Waals surface area contributed by atoms with E-state index in [-0.39, 0.29) is 5.91 Å². The number of benzene rings is 1. The van der Waals surface area contributed by atoms with Gasteiger partial charge in [0.25, 0.3) is 5.91 Å². The summed E-state index contributed by atoms with van der Waals surface area (Å²) >= 11 is 0. The van der Waals surface area contributed by atoms with Crippen molar-refractivity contribution in [2.24, 2.45) is 0 Å². The SMILES string of the molecule is CN(C)[C@H]1CCN(c2cc(Cc3cncc(C(=O)NCc4ccc5c(N)nccc5c4)c3)ccn2)C1. The maximum atomic E-state index is 12.9. The van der Waals surface area contributed by atoms with Crippen molar-refractivity contribution in [2.45, 2.75) is 25.4 Å². The Morgan fingerprint density at radius 2 is 1.92 bits per heavy atom. The quantitative estimate of drug-likeness (QED) is 0.418. The summed E-state index contributed by atoms with van der Waals surface area (Å²) in [6.45, 7) is 2.42. The van der Waals surface area contributed by atoms with Gasteiger partial charge in [-0.15, -0.1) is 0 Å². The third-order valence-corrected chi connectivity index (χ3v) is 6.81. The number of carbonyl (C=O) groups is 1. The van der Waals surface area contributed by atoms with E-state index in [0.29, 0.717) is 30.4 Å². The Bertz CT molecular complexity index is 1390. The first-order valence-electron chi connectivity index (χ1n) is 12.2. The molecule has 1 amide bonds. The number of nitrogens with one attached hydrogen (secondary N) is 1. The van der Waals surface area contributed by atoms with Crippen LogP contribution in [0.15, 0.2) is 67.3 Å². The molecule has 5 rings (SSSR count). The fourth-order valence-electron chi connectivity index (χ4n) is 4.70. The number of pyridine rings is 3. The summed E-state index contributed by atoms with van der Waals surface area (Å²) in [5.74, 6) is 1.36. The van der Waals surface area contributed by atoms with Crippen LogP contribution in [0, 0.1) is 0 Å². The molecule has 36 heavy (non-hydrogen) atoms. The van der Waals surface area contributed by atoms with Crippen LogP contribution in [0.5, 0.6) is 0 Å². The number of hydrogen-bond acceptors (Lipinski definition) is 7. The monoisotopic (exact) mass is 481 g/mol. The van der Waals surface area contributed by atoms with Crippen molar-refractivity contribution < 1.29 is 4.79 Å². The van der Waals surface area contributed by atoms with Gasteiger partial charge in [-0.05, 0) is 79.3 Å². The lowest BCUT2D eigenvalue weighted by Crippen LogP contribution is -2.31. The number of amides is 1. The van der Waals surface area contributed by atoms with Gasteiger partial charge < -0.3 is 20.9 Å². The van der Waals surface area contributed by atoms with E-state index in [4.69, 9.17) is 5.73 Å². The third kappa shape index (κ3) is 5.28. The van der Waals surface area contributed by atoms with E-state index in [1.54, 1.807) is 12.4 Å². The standard InChI is InChI=1S/C28H31N7O/c1-34(2)24-7-10-35(18-24)26-14-19(5-8-31-26)11-21-13-23(17-30-15-21)28(36)33-16-20-3-4-25-22(12-20)6-9-32-27(25)29/h3-6,8-9,12-15,17,24H,7,10-11,16,18H2,1-2H3,(H2,29,32)(H,33,36)/t24-/m0/s1. The fraction of sp³-hybridized carbons (Fsp3) is 0.286. The third-order valence-electron chi connectivity index (χ3n) is 6.81. The highest BCUT2D eigenvalue weighted by molar-refractivity contribution is 5.94. The van der Waals surface area contributed by atoms with Crippen molar-refractivity contribution in [1.29, 1.82) is 0 Å². The van der Waals surface area contributed by atoms with Crippen LogP contribution in [0.25, 0.3) is 10.8 Å². The molecule has 0 unspecified atom stereocenters. The zero-order valence-electron chi connectivity index (χ0n) is 20.7. The second-order valence-corrected chi connectivity index (χ2v) is 9.57. The predicted molar refractivity (Wildman–Crippen MR) is 143 cm³/mol. The molecule has 1 fully saturated rings. The van der Waals surface area contributed by atoms with Gasteiger partial charge in [-0.3, -0.25) is 9.78 Å². The highest BCUT2D eigenvalue weighted by atomic mass is 16.1. The Labute approximate surface area is 211 Å². The van der Waals surface area contributed by atoms with Crippen molar-refractivity contribution in [3.63, 3.8) is 0 Å². The molecule has 0 bridgehead atoms. The zero-order valence-corrected chi connectivity index (χ0v) is 20.7. The molecule has 1 aliphatic rings. The largest absolute Gasteiger partial charge is 0.383 e. The summed E-state index contributed by atoms with van der Waals surface area (Å²) < 4.78 is 0. The van der Waals surface area contributed by atoms with Crippen LogP contribution in [0.2, 0.25) is 0 Å². The Morgan fingerprint density at radius 3 is 2.75 bits per heavy atom. The van der Waals surface area contributed by atoms with Crippen molar-refractivity contribution in [1.82, 2.24) is 25.2 Å². The number of rotatable bonds is 7. The Morgan fingerprint density at radius 1 is 1.06 bits per heavy atom. The van der Waals surface area contributed by atoms with E-state index in [1.165, 1.54) is 0 Å². The maximum Gasteiger partial charge on any atom is 0.253 e. The number of fused-ring (bicyclic) bond motifs is 1. The van der Waals surface area contributed by atoms with E-state index < -0.39 is 0 Å². The van der Waals surface area contributed by atoms with Gasteiger partial charge in [0.1, 0.15) is 11.6 Å². The van der Waals surface area contributed by atoms with Crippen molar-refractivity contribution in [2.75, 3.05) is 37.8 Å². The minimum Gasteiger partial charge on any atom is -0.383 e. The molecular weight excluding hydrogens is 450 g/mol. The minimum atomic E-state index is -0.152. The van der Waals surface area contributed by atoms with Crippen LogP contribution >= 0.6 is 0 Å². The lowest BCUT2D eigenvalue weighted by molar-refractivity contribution is 0.0950. The first kappa shape index (κ1) is 23.7. The van der Waals surface area contributed by atoms with Crippen LogP contribution < -0.4 is 16.0 Å². The van der Waals surface area contributed by atoms with Crippen LogP contribution in [-0.4, -0.2) is 59.0 Å². The second-order valence-electron chi connectivity index (χ2n) is 9.57. The number of aromatic nitrogens is 3. The molecular formula is C28H31N7O. The van der Waals surface area contributed by atoms with Gasteiger partial charge in [0, 0.05) is 55.8 Å². The van der Waals surface area contributed by atoms with Crippen LogP contribution in [0.1, 0.15) is 33.5 Å². The van der Waals surface area contributed by atoms with E-state index >= 15 is 0 Å². The van der Waals surface area contributed by atoms with Gasteiger partial charge in [0.15, 0.2) is 0 Å². The molecule has 8 nitrogen and oxygen atoms in total. The molecule has 0 spiro atoms. The Balaban J connectivity index is 1.23. The van der Waals surface area contributed by atoms with E-state index in [9.17, 15) is 4.79 Å². The molecule has 4 aromatic rings. The van der Waals surface area contributed by atoms with Gasteiger partial charge in [-0.2, -0.15) is 0 Å². The summed E-state index contributed by atoms with van der Waals surface area (Å²) in [7, 11) is 4.26. The summed E-state index contributed by atoms with van der Waals surface area (Å²) in [6, 6.07) is 14.5. The van der Waals surface area contributed by atoms with Crippen molar-refractivity contribution in [3.05, 3.63) is 89.5 Å². The topological polar surface area (TPSA) is 100 Å². The molecule has 0 radical (unpaired) electrons. The molecule has 4 heterocycles. The molecule has 0 saturated carbocycles. The van der Waals surface area contributed by atoms with Crippen LogP contribution in [0.3, 0.4) is 0 Å². The Hall–Kier alpha value is -4.04. The fourth-order valence-corrected chi connectivity index (χ4v) is 4.70. The number of carbonyl (C=O) groups excluding carboxylic acids is 1. The molecule has 8 heteroatoms. The maximum absolute atomic E-state index is 12.9. The second kappa shape index (κ2) is 10.3. The molecule has 1 aromatic carbocycles. The van der Waals surface area contributed by atoms with E-state index in [2.05, 4.69) is 50.2 Å². The molecule has 184 valence electrons. The minimum absolute atomic E-state index is 0.152. The van der Waals surface area contributed by atoms with Crippen LogP contribution in [-0.2, 0) is 13.0 Å². The van der Waals surface area contributed by atoms with Gasteiger partial charge in [-0.1, -0.05) is 12.1 Å². The van der Waals surface area contributed by atoms with Crippen molar-refractivity contribution >= 4 is 28.3 Å². The normalized spacial score (nSPS) is 15.5. The first-order valence-corrected chi connectivity index (χ1v) is 12.2. The molecule has 1 saturated heterocycles. The molecule has 1 aliphatic heterocycles. The molecule has 3 aromatic heterocycles. The molecule has 0 aliphatic carbocycles. The highest BCUT2D eigenvalue weighted by Gasteiger charge is 2.24. The molecule has 1 atom stereocenters. The van der Waals surface area contributed by atoms with E-state index in [0.717, 1.165) is 52.8 Å². The van der Waals surface area contributed by atoms with E-state index in [1.807, 2.05) is 48.8 Å². The number of nitrogens with zero attached hydrogens (tertiary/aromatic N) is 5. The zero-order chi connectivity index (χ0) is 25.1. The lowest BCUT2D eigenvalue weighted by Gasteiger charge is -2.21. The van der Waals surface area contributed by atoms with Gasteiger partial charge in [-0.25, -0.2) is 9.97 Å². The van der Waals surface area contributed by atoms with Crippen LogP contribution in [0.4, 0.5) is 11.6 Å². The number of nitrogen functional groups attached to an aromatic ring is 1. The first-order chi connectivity index (χ1) is 17.5. The summed E-state index contributed by atoms with van der Waals surface area (Å²) in [5, 5.41) is 4.91. The van der Waals surface area contributed by atoms with Crippen molar-refractivity contribution in [3.8, 4) is 0 Å². The highest BCUT2D eigenvalue weighted by Crippen LogP contribution is 2.23. The summed E-state index contributed by atoms with van der Waals surface area (Å²) in [5.41, 5.74) is 9.61. The average molecular weight is 482 g/mol. The smallest absolute Gasteiger partial charge is 0.253 e. The van der Waals surface area contributed by atoms with Gasteiger partial charge >= 0.3 is 0 Å². The summed E-state index contributed by atoms with van der Waals surface area (Å²) in [4.78, 5) is 30.5. The van der Waals surface area contributed by atoms with Gasteiger partial charge in [0.05, 0.1) is 5.56 Å². The average Bonchev–Trinajstić information content (AvgIpc) is 3.39. The number of nitrogens with two attached hydrogens (primary N) is 1. The predicted octanol–water partition coefficient (Wildman–Crippen LogP) is 3.27. The summed E-state index contributed by atoms with van der Waals surface area (Å²) in [6.07, 6.45) is 8.81.